The van der Waals surface area contributed by atoms with Gasteiger partial charge >= 0.3 is 0 Å². The second kappa shape index (κ2) is 6.78. The Balaban J connectivity index is 1.59. The fraction of sp³-hybridized carbons (Fsp3) is 0.438. The van der Waals surface area contributed by atoms with Gasteiger partial charge in [0.2, 0.25) is 11.8 Å². The number of hydrogen-bond donors (Lipinski definition) is 3. The third kappa shape index (κ3) is 3.68. The zero-order chi connectivity index (χ0) is 16.2. The quantitative estimate of drug-likeness (QED) is 0.750. The molecule has 7 nitrogen and oxygen atoms in total. The topological polar surface area (TPSA) is 96.5 Å². The van der Waals surface area contributed by atoms with E-state index in [0.717, 1.165) is 19.4 Å². The molecule has 7 heteroatoms. The summed E-state index contributed by atoms with van der Waals surface area (Å²) in [5.41, 5.74) is 0.848. The van der Waals surface area contributed by atoms with Gasteiger partial charge in [-0.2, -0.15) is 0 Å². The molecule has 3 amide bonds. The van der Waals surface area contributed by atoms with Gasteiger partial charge in [0.15, 0.2) is 0 Å². The maximum absolute atomic E-state index is 12.2. The number of carbonyl (C=O) groups excluding carboxylic acids is 3. The molecule has 2 aliphatic rings. The van der Waals surface area contributed by atoms with Gasteiger partial charge in [0, 0.05) is 13.2 Å². The van der Waals surface area contributed by atoms with E-state index in [1.165, 1.54) is 0 Å². The Kier molecular flexibility index (Phi) is 4.57. The SMILES string of the molecule is O=C(C[C@@H]1NC(=O)c2ccccc2NC1=O)NC[C@H]1CCCO1. The fourth-order valence-corrected chi connectivity index (χ4v) is 2.75. The summed E-state index contributed by atoms with van der Waals surface area (Å²) in [4.78, 5) is 36.4. The van der Waals surface area contributed by atoms with E-state index in [2.05, 4.69) is 16.0 Å². The second-order valence-corrected chi connectivity index (χ2v) is 5.70. The van der Waals surface area contributed by atoms with Crippen molar-refractivity contribution in [1.29, 1.82) is 0 Å². The Morgan fingerprint density at radius 3 is 2.91 bits per heavy atom. The Bertz CT molecular complexity index is 626. The minimum Gasteiger partial charge on any atom is -0.376 e. The van der Waals surface area contributed by atoms with Crippen molar-refractivity contribution in [3.8, 4) is 0 Å². The molecular formula is C16H19N3O4. The van der Waals surface area contributed by atoms with Crippen LogP contribution in [0.25, 0.3) is 0 Å². The molecule has 1 aromatic carbocycles. The highest BCUT2D eigenvalue weighted by Crippen LogP contribution is 2.18. The third-order valence-electron chi connectivity index (χ3n) is 3.99. The first-order valence-corrected chi connectivity index (χ1v) is 7.72. The van der Waals surface area contributed by atoms with Gasteiger partial charge in [-0.15, -0.1) is 0 Å². The summed E-state index contributed by atoms with van der Waals surface area (Å²) < 4.78 is 5.43. The van der Waals surface area contributed by atoms with Gasteiger partial charge in [0.25, 0.3) is 5.91 Å². The Labute approximate surface area is 133 Å². The molecule has 0 spiro atoms. The van der Waals surface area contributed by atoms with E-state index < -0.39 is 11.9 Å². The summed E-state index contributed by atoms with van der Waals surface area (Å²) in [6.07, 6.45) is 1.87. The highest BCUT2D eigenvalue weighted by atomic mass is 16.5. The molecule has 0 aliphatic carbocycles. The van der Waals surface area contributed by atoms with Gasteiger partial charge in [-0.1, -0.05) is 12.1 Å². The zero-order valence-corrected chi connectivity index (χ0v) is 12.6. The van der Waals surface area contributed by atoms with Crippen LogP contribution in [-0.4, -0.2) is 43.0 Å². The van der Waals surface area contributed by atoms with E-state index in [9.17, 15) is 14.4 Å². The lowest BCUT2D eigenvalue weighted by molar-refractivity contribution is -0.126. The summed E-state index contributed by atoms with van der Waals surface area (Å²) >= 11 is 0. The second-order valence-electron chi connectivity index (χ2n) is 5.70. The van der Waals surface area contributed by atoms with Crippen LogP contribution >= 0.6 is 0 Å². The Morgan fingerprint density at radius 2 is 2.13 bits per heavy atom. The van der Waals surface area contributed by atoms with Crippen LogP contribution in [0.2, 0.25) is 0 Å². The maximum Gasteiger partial charge on any atom is 0.254 e. The van der Waals surface area contributed by atoms with Gasteiger partial charge in [-0.25, -0.2) is 0 Å². The summed E-state index contributed by atoms with van der Waals surface area (Å²) in [7, 11) is 0. The number of fused-ring (bicyclic) bond motifs is 1. The number of benzene rings is 1. The molecular weight excluding hydrogens is 298 g/mol. The van der Waals surface area contributed by atoms with Crippen molar-refractivity contribution < 1.29 is 19.1 Å². The molecule has 2 aliphatic heterocycles. The average molecular weight is 317 g/mol. The van der Waals surface area contributed by atoms with Gasteiger partial charge in [-0.3, -0.25) is 14.4 Å². The summed E-state index contributed by atoms with van der Waals surface area (Å²) in [6, 6.07) is 5.86. The van der Waals surface area contributed by atoms with Crippen LogP contribution in [0.4, 0.5) is 5.69 Å². The lowest BCUT2D eigenvalue weighted by Crippen LogP contribution is -2.45. The largest absolute Gasteiger partial charge is 0.376 e. The number of carbonyl (C=O) groups is 3. The van der Waals surface area contributed by atoms with Crippen molar-refractivity contribution in [2.24, 2.45) is 0 Å². The van der Waals surface area contributed by atoms with E-state index in [0.29, 0.717) is 17.8 Å². The van der Waals surface area contributed by atoms with E-state index in [1.807, 2.05) is 0 Å². The van der Waals surface area contributed by atoms with Crippen LogP contribution in [0, 0.1) is 0 Å². The molecule has 3 N–H and O–H groups in total. The predicted molar refractivity (Wildman–Crippen MR) is 82.9 cm³/mol. The van der Waals surface area contributed by atoms with Gasteiger partial charge in [0.1, 0.15) is 6.04 Å². The first-order valence-electron chi connectivity index (χ1n) is 7.72. The van der Waals surface area contributed by atoms with Gasteiger partial charge in [0.05, 0.1) is 23.8 Å². The van der Waals surface area contributed by atoms with Crippen LogP contribution in [-0.2, 0) is 14.3 Å². The summed E-state index contributed by atoms with van der Waals surface area (Å²) in [6.45, 7) is 1.15. The molecule has 1 fully saturated rings. The maximum atomic E-state index is 12.2. The molecule has 2 atom stereocenters. The molecule has 122 valence electrons. The monoisotopic (exact) mass is 317 g/mol. The molecule has 2 heterocycles. The third-order valence-corrected chi connectivity index (χ3v) is 3.99. The molecule has 0 aromatic heterocycles. The molecule has 0 radical (unpaired) electrons. The van der Waals surface area contributed by atoms with Crippen LogP contribution in [0.1, 0.15) is 29.6 Å². The molecule has 0 saturated carbocycles. The molecule has 0 unspecified atom stereocenters. The molecule has 1 aromatic rings. The number of rotatable bonds is 4. The highest BCUT2D eigenvalue weighted by Gasteiger charge is 2.29. The first kappa shape index (κ1) is 15.5. The van der Waals surface area contributed by atoms with Crippen molar-refractivity contribution in [3.63, 3.8) is 0 Å². The number of anilines is 1. The highest BCUT2D eigenvalue weighted by molar-refractivity contribution is 6.10. The molecule has 23 heavy (non-hydrogen) atoms. The van der Waals surface area contributed by atoms with Crippen molar-refractivity contribution in [2.45, 2.75) is 31.4 Å². The van der Waals surface area contributed by atoms with Gasteiger partial charge in [-0.05, 0) is 25.0 Å². The standard InChI is InChI=1S/C16H19N3O4/c20-14(17-9-10-4-3-7-23-10)8-13-16(22)18-12-6-2-1-5-11(12)15(21)19-13/h1-2,5-6,10,13H,3-4,7-9H2,(H,17,20)(H,18,22)(H,19,21)/t10-,13+/m1/s1. The number of hydrogen-bond acceptors (Lipinski definition) is 4. The molecule has 1 saturated heterocycles. The van der Waals surface area contributed by atoms with Crippen LogP contribution in [0.15, 0.2) is 24.3 Å². The van der Waals surface area contributed by atoms with Gasteiger partial charge < -0.3 is 20.7 Å². The van der Waals surface area contributed by atoms with E-state index in [4.69, 9.17) is 4.74 Å². The fourth-order valence-electron chi connectivity index (χ4n) is 2.75. The minimum absolute atomic E-state index is 0.0424. The van der Waals surface area contributed by atoms with Crippen LogP contribution in [0.5, 0.6) is 0 Å². The van der Waals surface area contributed by atoms with Crippen molar-refractivity contribution in [2.75, 3.05) is 18.5 Å². The van der Waals surface area contributed by atoms with E-state index >= 15 is 0 Å². The normalized spacial score (nSPS) is 23.5. The smallest absolute Gasteiger partial charge is 0.254 e. The number of para-hydroxylation sites is 1. The Hall–Kier alpha value is -2.41. The van der Waals surface area contributed by atoms with E-state index in [-0.39, 0.29) is 24.3 Å². The van der Waals surface area contributed by atoms with Crippen molar-refractivity contribution in [3.05, 3.63) is 29.8 Å². The number of amides is 3. The van der Waals surface area contributed by atoms with E-state index in [1.54, 1.807) is 24.3 Å². The van der Waals surface area contributed by atoms with Crippen molar-refractivity contribution >= 4 is 23.4 Å². The zero-order valence-electron chi connectivity index (χ0n) is 12.6. The van der Waals surface area contributed by atoms with Crippen LogP contribution < -0.4 is 16.0 Å². The van der Waals surface area contributed by atoms with Crippen LogP contribution in [0.3, 0.4) is 0 Å². The lowest BCUT2D eigenvalue weighted by Gasteiger charge is -2.15. The number of nitrogens with one attached hydrogen (secondary N) is 3. The summed E-state index contributed by atoms with van der Waals surface area (Å²) in [5.74, 6) is -1.04. The first-order chi connectivity index (χ1) is 11.1. The molecule has 3 rings (SSSR count). The summed E-state index contributed by atoms with van der Waals surface area (Å²) in [5, 5.41) is 8.03. The molecule has 0 bridgehead atoms. The Morgan fingerprint density at radius 1 is 1.30 bits per heavy atom. The number of ether oxygens (including phenoxy) is 1. The average Bonchev–Trinajstić information content (AvgIpc) is 3.02. The minimum atomic E-state index is -0.889. The van der Waals surface area contributed by atoms with Crippen molar-refractivity contribution in [1.82, 2.24) is 10.6 Å². The predicted octanol–water partition coefficient (Wildman–Crippen LogP) is 0.422. The lowest BCUT2D eigenvalue weighted by atomic mass is 10.1.